The first kappa shape index (κ1) is 14.9. The Hall–Kier alpha value is -1.15. The highest BCUT2D eigenvalue weighted by Gasteiger charge is 2.06. The Bertz CT molecular complexity index is 308. The van der Waals surface area contributed by atoms with E-state index in [4.69, 9.17) is 0 Å². The molecule has 100 valence electrons. The van der Waals surface area contributed by atoms with Crippen molar-refractivity contribution in [2.45, 2.75) is 51.0 Å². The lowest BCUT2D eigenvalue weighted by molar-refractivity contribution is 0.461. The summed E-state index contributed by atoms with van der Waals surface area (Å²) in [6, 6.07) is 6.76. The van der Waals surface area contributed by atoms with Crippen molar-refractivity contribution in [3.05, 3.63) is 42.7 Å². The van der Waals surface area contributed by atoms with Crippen LogP contribution in [0.5, 0.6) is 0 Å². The molecule has 18 heavy (non-hydrogen) atoms. The van der Waals surface area contributed by atoms with Gasteiger partial charge in [-0.2, -0.15) is 0 Å². The number of pyridine rings is 1. The van der Waals surface area contributed by atoms with Crippen LogP contribution in [-0.2, 0) is 6.42 Å². The van der Waals surface area contributed by atoms with Gasteiger partial charge in [0.2, 0.25) is 0 Å². The van der Waals surface area contributed by atoms with Crippen LogP contribution in [0.15, 0.2) is 37.1 Å². The molecule has 1 rings (SSSR count). The van der Waals surface area contributed by atoms with Crippen molar-refractivity contribution in [2.24, 2.45) is 0 Å². The molecule has 0 bridgehead atoms. The number of rotatable bonds is 10. The molecule has 0 radical (unpaired) electrons. The maximum absolute atomic E-state index is 4.37. The summed E-state index contributed by atoms with van der Waals surface area (Å²) < 4.78 is 0. The van der Waals surface area contributed by atoms with Gasteiger partial charge in [-0.1, -0.05) is 25.0 Å². The molecular formula is C16H26N2. The SMILES string of the molecule is C=CCCCCCC(CCc1ccccn1)NC. The molecule has 0 saturated carbocycles. The lowest BCUT2D eigenvalue weighted by Crippen LogP contribution is -2.25. The average molecular weight is 246 g/mol. The van der Waals surface area contributed by atoms with Gasteiger partial charge < -0.3 is 5.32 Å². The van der Waals surface area contributed by atoms with Crippen LogP contribution in [0.4, 0.5) is 0 Å². The first-order chi connectivity index (χ1) is 8.86. The third-order valence-corrected chi connectivity index (χ3v) is 3.34. The van der Waals surface area contributed by atoms with Gasteiger partial charge in [-0.15, -0.1) is 6.58 Å². The van der Waals surface area contributed by atoms with Crippen LogP contribution in [0, 0.1) is 0 Å². The summed E-state index contributed by atoms with van der Waals surface area (Å²) in [6.07, 6.45) is 12.4. The summed E-state index contributed by atoms with van der Waals surface area (Å²) >= 11 is 0. The number of aromatic nitrogens is 1. The van der Waals surface area contributed by atoms with Gasteiger partial charge in [-0.05, 0) is 51.3 Å². The second kappa shape index (κ2) is 9.84. The summed E-state index contributed by atoms with van der Waals surface area (Å²) in [7, 11) is 2.06. The Kier molecular flexibility index (Phi) is 8.15. The number of nitrogens with one attached hydrogen (secondary N) is 1. The van der Waals surface area contributed by atoms with Gasteiger partial charge >= 0.3 is 0 Å². The molecule has 1 aromatic rings. The molecule has 2 nitrogen and oxygen atoms in total. The van der Waals surface area contributed by atoms with Crippen molar-refractivity contribution in [3.63, 3.8) is 0 Å². The molecule has 0 amide bonds. The Labute approximate surface area is 112 Å². The summed E-state index contributed by atoms with van der Waals surface area (Å²) in [5.41, 5.74) is 1.20. The minimum absolute atomic E-state index is 0.621. The maximum Gasteiger partial charge on any atom is 0.0404 e. The fourth-order valence-electron chi connectivity index (χ4n) is 2.16. The molecule has 1 N–H and O–H groups in total. The Balaban J connectivity index is 2.15. The van der Waals surface area contributed by atoms with E-state index < -0.39 is 0 Å². The average Bonchev–Trinajstić information content (AvgIpc) is 2.43. The number of hydrogen-bond donors (Lipinski definition) is 1. The van der Waals surface area contributed by atoms with Gasteiger partial charge in [-0.25, -0.2) is 0 Å². The number of allylic oxidation sites excluding steroid dienone is 1. The molecule has 0 aliphatic heterocycles. The molecule has 1 unspecified atom stereocenters. The summed E-state index contributed by atoms with van der Waals surface area (Å²) in [5, 5.41) is 3.42. The molecule has 1 heterocycles. The highest BCUT2D eigenvalue weighted by atomic mass is 14.9. The second-order valence-corrected chi connectivity index (χ2v) is 4.77. The largest absolute Gasteiger partial charge is 0.317 e. The number of nitrogens with zero attached hydrogens (tertiary/aromatic N) is 1. The topological polar surface area (TPSA) is 24.9 Å². The third-order valence-electron chi connectivity index (χ3n) is 3.34. The van der Waals surface area contributed by atoms with Gasteiger partial charge in [0.25, 0.3) is 0 Å². The molecule has 1 atom stereocenters. The summed E-state index contributed by atoms with van der Waals surface area (Å²) in [6.45, 7) is 3.75. The van der Waals surface area contributed by atoms with Crippen LogP contribution in [0.25, 0.3) is 0 Å². The third kappa shape index (κ3) is 6.55. The Morgan fingerprint density at radius 3 is 2.83 bits per heavy atom. The lowest BCUT2D eigenvalue weighted by Gasteiger charge is -2.15. The van der Waals surface area contributed by atoms with Crippen molar-refractivity contribution >= 4 is 0 Å². The molecule has 1 aromatic heterocycles. The minimum Gasteiger partial charge on any atom is -0.317 e. The van der Waals surface area contributed by atoms with Crippen molar-refractivity contribution in [3.8, 4) is 0 Å². The fourth-order valence-corrected chi connectivity index (χ4v) is 2.16. The second-order valence-electron chi connectivity index (χ2n) is 4.77. The van der Waals surface area contributed by atoms with E-state index in [2.05, 4.69) is 36.1 Å². The van der Waals surface area contributed by atoms with E-state index in [9.17, 15) is 0 Å². The van der Waals surface area contributed by atoms with Gasteiger partial charge in [0.1, 0.15) is 0 Å². The van der Waals surface area contributed by atoms with Crippen LogP contribution in [0.3, 0.4) is 0 Å². The van der Waals surface area contributed by atoms with Gasteiger partial charge in [0.15, 0.2) is 0 Å². The molecule has 0 aromatic carbocycles. The maximum atomic E-state index is 4.37. The summed E-state index contributed by atoms with van der Waals surface area (Å²) in [5.74, 6) is 0. The predicted octanol–water partition coefficient (Wildman–Crippen LogP) is 3.74. The molecule has 0 fully saturated rings. The predicted molar refractivity (Wildman–Crippen MR) is 78.7 cm³/mol. The molecule has 0 saturated heterocycles. The summed E-state index contributed by atoms with van der Waals surface area (Å²) in [4.78, 5) is 4.37. The Morgan fingerprint density at radius 2 is 2.17 bits per heavy atom. The van der Waals surface area contributed by atoms with Gasteiger partial charge in [0, 0.05) is 17.9 Å². The van der Waals surface area contributed by atoms with Gasteiger partial charge in [0.05, 0.1) is 0 Å². The van der Waals surface area contributed by atoms with Crippen molar-refractivity contribution in [2.75, 3.05) is 7.05 Å². The number of hydrogen-bond acceptors (Lipinski definition) is 2. The van der Waals surface area contributed by atoms with Crippen molar-refractivity contribution < 1.29 is 0 Å². The monoisotopic (exact) mass is 246 g/mol. The highest BCUT2D eigenvalue weighted by molar-refractivity contribution is 5.03. The van der Waals surface area contributed by atoms with Crippen LogP contribution in [0.1, 0.15) is 44.2 Å². The van der Waals surface area contributed by atoms with Gasteiger partial charge in [-0.3, -0.25) is 4.98 Å². The van der Waals surface area contributed by atoms with E-state index >= 15 is 0 Å². The molecule has 2 heteroatoms. The molecule has 0 aliphatic rings. The molecular weight excluding hydrogens is 220 g/mol. The zero-order valence-corrected chi connectivity index (χ0v) is 11.6. The zero-order chi connectivity index (χ0) is 13.1. The van der Waals surface area contributed by atoms with Crippen LogP contribution < -0.4 is 5.32 Å². The van der Waals surface area contributed by atoms with Crippen molar-refractivity contribution in [1.29, 1.82) is 0 Å². The highest BCUT2D eigenvalue weighted by Crippen LogP contribution is 2.10. The van der Waals surface area contributed by atoms with E-state index in [1.165, 1.54) is 37.8 Å². The molecule has 0 spiro atoms. The van der Waals surface area contributed by atoms with Crippen LogP contribution in [0.2, 0.25) is 0 Å². The normalized spacial score (nSPS) is 12.3. The first-order valence-electron chi connectivity index (χ1n) is 7.05. The smallest absolute Gasteiger partial charge is 0.0404 e. The van der Waals surface area contributed by atoms with Crippen LogP contribution in [-0.4, -0.2) is 18.1 Å². The van der Waals surface area contributed by atoms with E-state index in [0.29, 0.717) is 6.04 Å². The van der Waals surface area contributed by atoms with E-state index in [-0.39, 0.29) is 0 Å². The Morgan fingerprint density at radius 1 is 1.28 bits per heavy atom. The fraction of sp³-hybridized carbons (Fsp3) is 0.562. The van der Waals surface area contributed by atoms with E-state index in [1.54, 1.807) is 0 Å². The van der Waals surface area contributed by atoms with E-state index in [1.807, 2.05) is 18.3 Å². The lowest BCUT2D eigenvalue weighted by atomic mass is 10.0. The minimum atomic E-state index is 0.621. The van der Waals surface area contributed by atoms with Crippen LogP contribution >= 0.6 is 0 Å². The molecule has 0 aliphatic carbocycles. The first-order valence-corrected chi connectivity index (χ1v) is 7.05. The number of unbranched alkanes of at least 4 members (excludes halogenated alkanes) is 3. The van der Waals surface area contributed by atoms with E-state index in [0.717, 1.165) is 12.8 Å². The quantitative estimate of drug-likeness (QED) is 0.502. The number of aryl methyl sites for hydroxylation is 1. The standard InChI is InChI=1S/C16H26N2/c1-3-4-5-6-7-10-15(17-2)12-13-16-11-8-9-14-18-16/h3,8-9,11,14-15,17H,1,4-7,10,12-13H2,2H3. The van der Waals surface area contributed by atoms with Crippen molar-refractivity contribution in [1.82, 2.24) is 10.3 Å². The zero-order valence-electron chi connectivity index (χ0n) is 11.6.